The minimum Gasteiger partial charge on any atom is -0.327 e. The van der Waals surface area contributed by atoms with Gasteiger partial charge in [0.1, 0.15) is 10.7 Å². The van der Waals surface area contributed by atoms with Gasteiger partial charge in [0.2, 0.25) is 10.0 Å². The number of hydrogen-bond acceptors (Lipinski definition) is 3. The van der Waals surface area contributed by atoms with Gasteiger partial charge < -0.3 is 5.73 Å². The van der Waals surface area contributed by atoms with Crippen LogP contribution >= 0.6 is 0 Å². The van der Waals surface area contributed by atoms with Gasteiger partial charge >= 0.3 is 0 Å². The molecule has 0 amide bonds. The maximum Gasteiger partial charge on any atom is 0.243 e. The van der Waals surface area contributed by atoms with E-state index in [1.54, 1.807) is 0 Å². The minimum absolute atomic E-state index is 0.104. The van der Waals surface area contributed by atoms with Gasteiger partial charge in [-0.3, -0.25) is 0 Å². The molecule has 1 atom stereocenters. The van der Waals surface area contributed by atoms with E-state index in [2.05, 4.69) is 4.72 Å². The lowest BCUT2D eigenvalue weighted by molar-refractivity contribution is 0.546. The van der Waals surface area contributed by atoms with Crippen molar-refractivity contribution in [1.82, 2.24) is 4.72 Å². The largest absolute Gasteiger partial charge is 0.327 e. The molecule has 0 fully saturated rings. The Balaban J connectivity index is 2.83. The number of halogens is 1. The van der Waals surface area contributed by atoms with Gasteiger partial charge in [0.15, 0.2) is 0 Å². The summed E-state index contributed by atoms with van der Waals surface area (Å²) in [5.41, 5.74) is 5.58. The first kappa shape index (κ1) is 13.1. The molecular weight excluding hydrogens is 231 g/mol. The van der Waals surface area contributed by atoms with Crippen LogP contribution in [0.1, 0.15) is 13.3 Å². The van der Waals surface area contributed by atoms with Gasteiger partial charge in [-0.15, -0.1) is 0 Å². The number of hydrogen-bond donors (Lipinski definition) is 2. The van der Waals surface area contributed by atoms with E-state index in [4.69, 9.17) is 5.73 Å². The standard InChI is InChI=1S/C10H15FN2O2S/c1-2-8(12)7-13-16(14,15)10-6-4-3-5-9(10)11/h3-6,8,13H,2,7,12H2,1H3. The molecule has 0 aliphatic carbocycles. The minimum atomic E-state index is -3.80. The first-order valence-electron chi connectivity index (χ1n) is 4.97. The Morgan fingerprint density at radius 3 is 2.62 bits per heavy atom. The van der Waals surface area contributed by atoms with Crippen LogP contribution in [0.3, 0.4) is 0 Å². The highest BCUT2D eigenvalue weighted by atomic mass is 32.2. The van der Waals surface area contributed by atoms with Crippen molar-refractivity contribution < 1.29 is 12.8 Å². The van der Waals surface area contributed by atoms with Crippen LogP contribution in [0.2, 0.25) is 0 Å². The van der Waals surface area contributed by atoms with Gasteiger partial charge in [-0.2, -0.15) is 0 Å². The molecule has 1 aromatic rings. The van der Waals surface area contributed by atoms with Crippen molar-refractivity contribution in [1.29, 1.82) is 0 Å². The predicted octanol–water partition coefficient (Wildman–Crippen LogP) is 0.841. The Hall–Kier alpha value is -0.980. The van der Waals surface area contributed by atoms with E-state index < -0.39 is 15.8 Å². The van der Waals surface area contributed by atoms with Crippen molar-refractivity contribution in [2.45, 2.75) is 24.3 Å². The van der Waals surface area contributed by atoms with Crippen molar-refractivity contribution >= 4 is 10.0 Å². The second-order valence-corrected chi connectivity index (χ2v) is 5.19. The fraction of sp³-hybridized carbons (Fsp3) is 0.400. The smallest absolute Gasteiger partial charge is 0.243 e. The van der Waals surface area contributed by atoms with Crippen molar-refractivity contribution in [3.63, 3.8) is 0 Å². The third kappa shape index (κ3) is 3.26. The third-order valence-electron chi connectivity index (χ3n) is 2.19. The van der Waals surface area contributed by atoms with Gasteiger partial charge in [-0.1, -0.05) is 19.1 Å². The lowest BCUT2D eigenvalue weighted by Crippen LogP contribution is -2.36. The Morgan fingerprint density at radius 1 is 1.44 bits per heavy atom. The van der Waals surface area contributed by atoms with Gasteiger partial charge in [0.05, 0.1) is 0 Å². The molecule has 0 radical (unpaired) electrons. The predicted molar refractivity (Wildman–Crippen MR) is 59.9 cm³/mol. The van der Waals surface area contributed by atoms with Crippen LogP contribution in [-0.4, -0.2) is 21.0 Å². The molecule has 1 unspecified atom stereocenters. The average molecular weight is 246 g/mol. The van der Waals surface area contributed by atoms with E-state index in [0.717, 1.165) is 6.07 Å². The third-order valence-corrected chi connectivity index (χ3v) is 3.64. The Morgan fingerprint density at radius 2 is 2.06 bits per heavy atom. The van der Waals surface area contributed by atoms with Crippen LogP contribution in [0.5, 0.6) is 0 Å². The quantitative estimate of drug-likeness (QED) is 0.808. The average Bonchev–Trinajstić information content (AvgIpc) is 2.26. The topological polar surface area (TPSA) is 72.2 Å². The first-order chi connectivity index (χ1) is 7.47. The summed E-state index contributed by atoms with van der Waals surface area (Å²) >= 11 is 0. The van der Waals surface area contributed by atoms with Crippen LogP contribution in [-0.2, 0) is 10.0 Å². The summed E-state index contributed by atoms with van der Waals surface area (Å²) in [7, 11) is -3.80. The molecule has 90 valence electrons. The number of benzene rings is 1. The van der Waals surface area contributed by atoms with Crippen molar-refractivity contribution in [2.24, 2.45) is 5.73 Å². The molecule has 0 bridgehead atoms. The lowest BCUT2D eigenvalue weighted by atomic mass is 10.2. The SMILES string of the molecule is CCC(N)CNS(=O)(=O)c1ccccc1F. The summed E-state index contributed by atoms with van der Waals surface area (Å²) in [6.07, 6.45) is 0.653. The van der Waals surface area contributed by atoms with Crippen molar-refractivity contribution in [3.05, 3.63) is 30.1 Å². The number of nitrogens with one attached hydrogen (secondary N) is 1. The normalized spacial score (nSPS) is 13.7. The monoisotopic (exact) mass is 246 g/mol. The zero-order chi connectivity index (χ0) is 12.2. The Kier molecular flexibility index (Phi) is 4.40. The van der Waals surface area contributed by atoms with Crippen LogP contribution < -0.4 is 10.5 Å². The molecular formula is C10H15FN2O2S. The first-order valence-corrected chi connectivity index (χ1v) is 6.45. The number of rotatable bonds is 5. The van der Waals surface area contributed by atoms with E-state index in [0.29, 0.717) is 6.42 Å². The molecule has 4 nitrogen and oxygen atoms in total. The Labute approximate surface area is 94.7 Å². The maximum atomic E-state index is 13.2. The highest BCUT2D eigenvalue weighted by Crippen LogP contribution is 2.12. The van der Waals surface area contributed by atoms with E-state index in [-0.39, 0.29) is 17.5 Å². The van der Waals surface area contributed by atoms with Gasteiger partial charge in [-0.05, 0) is 18.6 Å². The molecule has 0 spiro atoms. The van der Waals surface area contributed by atoms with Crippen LogP contribution in [0.15, 0.2) is 29.2 Å². The molecule has 0 aromatic heterocycles. The summed E-state index contributed by atoms with van der Waals surface area (Å²) in [6, 6.07) is 4.97. The zero-order valence-electron chi connectivity index (χ0n) is 8.98. The molecule has 3 N–H and O–H groups in total. The number of sulfonamides is 1. The van der Waals surface area contributed by atoms with E-state index in [1.807, 2.05) is 6.92 Å². The summed E-state index contributed by atoms with van der Waals surface area (Å²) in [4.78, 5) is -0.349. The van der Waals surface area contributed by atoms with Gasteiger partial charge in [0, 0.05) is 12.6 Å². The van der Waals surface area contributed by atoms with E-state index in [9.17, 15) is 12.8 Å². The highest BCUT2D eigenvalue weighted by molar-refractivity contribution is 7.89. The fourth-order valence-electron chi connectivity index (χ4n) is 1.10. The molecule has 0 saturated carbocycles. The molecule has 6 heteroatoms. The highest BCUT2D eigenvalue weighted by Gasteiger charge is 2.18. The molecule has 1 aromatic carbocycles. The number of nitrogens with two attached hydrogens (primary N) is 1. The summed E-state index contributed by atoms with van der Waals surface area (Å²) in [5, 5.41) is 0. The van der Waals surface area contributed by atoms with Gasteiger partial charge in [-0.25, -0.2) is 17.5 Å². The molecule has 0 aliphatic heterocycles. The summed E-state index contributed by atoms with van der Waals surface area (Å²) in [5.74, 6) is -0.764. The lowest BCUT2D eigenvalue weighted by Gasteiger charge is -2.11. The van der Waals surface area contributed by atoms with Crippen molar-refractivity contribution in [3.8, 4) is 0 Å². The van der Waals surface area contributed by atoms with Crippen LogP contribution in [0, 0.1) is 5.82 Å². The van der Waals surface area contributed by atoms with Gasteiger partial charge in [0.25, 0.3) is 0 Å². The Bertz CT molecular complexity index is 448. The molecule has 16 heavy (non-hydrogen) atoms. The fourth-order valence-corrected chi connectivity index (χ4v) is 2.27. The molecule has 1 rings (SSSR count). The van der Waals surface area contributed by atoms with Crippen LogP contribution in [0.4, 0.5) is 4.39 Å². The van der Waals surface area contributed by atoms with Crippen molar-refractivity contribution in [2.75, 3.05) is 6.54 Å². The summed E-state index contributed by atoms with van der Waals surface area (Å²) in [6.45, 7) is 1.95. The van der Waals surface area contributed by atoms with E-state index >= 15 is 0 Å². The molecule has 0 aliphatic rings. The second kappa shape index (κ2) is 5.38. The zero-order valence-corrected chi connectivity index (χ0v) is 9.80. The molecule has 0 heterocycles. The summed E-state index contributed by atoms with van der Waals surface area (Å²) < 4.78 is 38.8. The molecule has 0 saturated heterocycles. The second-order valence-electron chi connectivity index (χ2n) is 3.45. The van der Waals surface area contributed by atoms with E-state index in [1.165, 1.54) is 18.2 Å². The van der Waals surface area contributed by atoms with Crippen LogP contribution in [0.25, 0.3) is 0 Å². The maximum absolute atomic E-state index is 13.2.